The molecular weight excluding hydrogens is 316 g/mol. The first kappa shape index (κ1) is 18.0. The summed E-state index contributed by atoms with van der Waals surface area (Å²) in [5.74, 6) is 0.646. The van der Waals surface area contributed by atoms with E-state index < -0.39 is 0 Å². The van der Waals surface area contributed by atoms with Crippen LogP contribution in [0.25, 0.3) is 0 Å². The Morgan fingerprint density at radius 2 is 1.76 bits per heavy atom. The second-order valence-electron chi connectivity index (χ2n) is 7.28. The first-order valence-electron chi connectivity index (χ1n) is 9.60. The monoisotopic (exact) mass is 348 g/mol. The number of piperazine rings is 2. The largest absolute Gasteiger partial charge is 0.506 e. The number of likely N-dealkylation sites (N-methyl/N-ethyl adjacent to an activating group) is 1. The summed E-state index contributed by atoms with van der Waals surface area (Å²) in [6, 6.07) is 7.53. The molecule has 138 valence electrons. The Hall–Kier alpha value is -1.79. The normalized spacial score (nSPS) is 21.4. The Morgan fingerprint density at radius 1 is 1.12 bits per heavy atom. The quantitative estimate of drug-likeness (QED) is 0.604. The molecule has 6 nitrogen and oxygen atoms in total. The van der Waals surface area contributed by atoms with Gasteiger partial charge in [-0.2, -0.15) is 0 Å². The average Bonchev–Trinajstić information content (AvgIpc) is 2.67. The number of nitrogens with one attached hydrogen (secondary N) is 2. The van der Waals surface area contributed by atoms with Gasteiger partial charge in [0, 0.05) is 0 Å². The molecule has 1 amide bonds. The smallest absolute Gasteiger partial charge is 0.280 e. The summed E-state index contributed by atoms with van der Waals surface area (Å²) in [6.07, 6.45) is 0. The lowest BCUT2D eigenvalue weighted by atomic mass is 10.1. The third kappa shape index (κ3) is 4.07. The lowest BCUT2D eigenvalue weighted by Gasteiger charge is -2.38. The predicted molar refractivity (Wildman–Crippen MR) is 98.3 cm³/mol. The van der Waals surface area contributed by atoms with Crippen molar-refractivity contribution in [1.82, 2.24) is 4.90 Å². The lowest BCUT2D eigenvalue weighted by molar-refractivity contribution is -0.915. The van der Waals surface area contributed by atoms with Crippen LogP contribution in [0.4, 0.5) is 5.69 Å². The van der Waals surface area contributed by atoms with E-state index in [1.54, 1.807) is 11.0 Å². The molecule has 6 heteroatoms. The number of phenolic OH excluding ortho intramolecular Hbond substituents is 1. The molecule has 0 radical (unpaired) electrons. The number of phenols is 1. The van der Waals surface area contributed by atoms with E-state index in [-0.39, 0.29) is 6.04 Å². The third-order valence-electron chi connectivity index (χ3n) is 5.89. The lowest BCUT2D eigenvalue weighted by Crippen LogP contribution is -3.19. The zero-order valence-corrected chi connectivity index (χ0v) is 15.5. The summed E-state index contributed by atoms with van der Waals surface area (Å²) in [6.45, 7) is 13.0. The molecular formula is C19H32N4O2+2. The van der Waals surface area contributed by atoms with Gasteiger partial charge in [0.25, 0.3) is 5.91 Å². The van der Waals surface area contributed by atoms with Crippen molar-refractivity contribution in [3.05, 3.63) is 24.3 Å². The van der Waals surface area contributed by atoms with Crippen molar-refractivity contribution in [2.45, 2.75) is 19.9 Å². The summed E-state index contributed by atoms with van der Waals surface area (Å²) in [4.78, 5) is 20.1. The van der Waals surface area contributed by atoms with E-state index >= 15 is 0 Å². The number of hydrogen-bond donors (Lipinski definition) is 3. The number of aromatic hydroxyl groups is 1. The number of amides is 1. The van der Waals surface area contributed by atoms with Crippen molar-refractivity contribution in [2.24, 2.45) is 0 Å². The van der Waals surface area contributed by atoms with Crippen LogP contribution in [0.1, 0.15) is 13.8 Å². The van der Waals surface area contributed by atoms with Gasteiger partial charge in [0.2, 0.25) is 0 Å². The minimum Gasteiger partial charge on any atom is -0.506 e. The number of rotatable bonds is 4. The molecule has 1 aromatic rings. The Kier molecular flexibility index (Phi) is 5.81. The fourth-order valence-electron chi connectivity index (χ4n) is 4.04. The summed E-state index contributed by atoms with van der Waals surface area (Å²) in [5.41, 5.74) is 0.902. The molecule has 2 heterocycles. The van der Waals surface area contributed by atoms with Crippen LogP contribution in [0.2, 0.25) is 0 Å². The first-order chi connectivity index (χ1) is 12.1. The van der Waals surface area contributed by atoms with Gasteiger partial charge in [0.1, 0.15) is 5.75 Å². The summed E-state index contributed by atoms with van der Waals surface area (Å²) >= 11 is 0. The van der Waals surface area contributed by atoms with E-state index in [4.69, 9.17) is 0 Å². The van der Waals surface area contributed by atoms with Crippen molar-refractivity contribution in [3.63, 3.8) is 0 Å². The van der Waals surface area contributed by atoms with E-state index in [1.807, 2.05) is 18.2 Å². The maximum absolute atomic E-state index is 12.8. The Labute approximate surface area is 150 Å². The van der Waals surface area contributed by atoms with E-state index in [0.717, 1.165) is 64.6 Å². The number of para-hydroxylation sites is 2. The minimum absolute atomic E-state index is 0.0229. The van der Waals surface area contributed by atoms with Gasteiger partial charge in [0.05, 0.1) is 64.6 Å². The molecule has 25 heavy (non-hydrogen) atoms. The molecule has 1 aromatic carbocycles. The Balaban J connectivity index is 1.52. The maximum atomic E-state index is 12.8. The van der Waals surface area contributed by atoms with Crippen molar-refractivity contribution in [1.29, 1.82) is 0 Å². The van der Waals surface area contributed by atoms with Gasteiger partial charge in [0.15, 0.2) is 6.04 Å². The van der Waals surface area contributed by atoms with Gasteiger partial charge in [-0.3, -0.25) is 4.79 Å². The van der Waals surface area contributed by atoms with E-state index in [0.29, 0.717) is 11.7 Å². The topological polar surface area (TPSA) is 52.7 Å². The molecule has 0 aliphatic carbocycles. The summed E-state index contributed by atoms with van der Waals surface area (Å²) < 4.78 is 0. The molecule has 0 aromatic heterocycles. The number of carbonyl (C=O) groups excluding carboxylic acids is 1. The fraction of sp³-hybridized carbons (Fsp3) is 0.632. The third-order valence-corrected chi connectivity index (χ3v) is 5.89. The van der Waals surface area contributed by atoms with Crippen molar-refractivity contribution < 1.29 is 19.7 Å². The van der Waals surface area contributed by atoms with E-state index in [1.165, 1.54) is 4.90 Å². The van der Waals surface area contributed by atoms with Crippen molar-refractivity contribution >= 4 is 11.6 Å². The highest BCUT2D eigenvalue weighted by molar-refractivity contribution is 5.80. The predicted octanol–water partition coefficient (Wildman–Crippen LogP) is -1.77. The SMILES string of the molecule is CC[NH+]1CCN(C(=O)[C@H](C)[NH+]2CCN(c3ccccc3O)CC2)CC1. The molecule has 2 aliphatic heterocycles. The molecule has 3 rings (SSSR count). The van der Waals surface area contributed by atoms with Crippen LogP contribution in [0.3, 0.4) is 0 Å². The molecule has 0 saturated carbocycles. The average molecular weight is 348 g/mol. The van der Waals surface area contributed by atoms with Crippen molar-refractivity contribution in [3.8, 4) is 5.75 Å². The zero-order chi connectivity index (χ0) is 17.8. The Bertz CT molecular complexity index is 579. The number of quaternary nitrogens is 2. The maximum Gasteiger partial charge on any atom is 0.280 e. The number of nitrogens with zero attached hydrogens (tertiary/aromatic N) is 2. The summed E-state index contributed by atoms with van der Waals surface area (Å²) in [7, 11) is 0. The van der Waals surface area contributed by atoms with Gasteiger partial charge in [-0.05, 0) is 26.0 Å². The molecule has 2 aliphatic rings. The van der Waals surface area contributed by atoms with Crippen molar-refractivity contribution in [2.75, 3.05) is 63.8 Å². The van der Waals surface area contributed by atoms with E-state index in [9.17, 15) is 9.90 Å². The second-order valence-corrected chi connectivity index (χ2v) is 7.28. The number of benzene rings is 1. The molecule has 2 saturated heterocycles. The van der Waals surface area contributed by atoms with Gasteiger partial charge in [-0.15, -0.1) is 0 Å². The number of anilines is 1. The van der Waals surface area contributed by atoms with E-state index in [2.05, 4.69) is 23.6 Å². The van der Waals surface area contributed by atoms with Crippen LogP contribution < -0.4 is 14.7 Å². The standard InChI is InChI=1S/C19H30N4O2/c1-3-20-8-10-23(11-9-20)19(25)16(2)21-12-14-22(15-13-21)17-6-4-5-7-18(17)24/h4-7,16,24H,3,8-15H2,1-2H3/p+2/t16-/m0/s1. The molecule has 0 bridgehead atoms. The van der Waals surface area contributed by atoms with Crippen LogP contribution in [0.15, 0.2) is 24.3 Å². The number of hydrogen-bond acceptors (Lipinski definition) is 3. The summed E-state index contributed by atoms with van der Waals surface area (Å²) in [5, 5.41) is 10.0. The van der Waals surface area contributed by atoms with Crippen LogP contribution in [-0.2, 0) is 4.79 Å². The van der Waals surface area contributed by atoms with Gasteiger partial charge < -0.3 is 24.7 Å². The molecule has 1 atom stereocenters. The molecule has 0 unspecified atom stereocenters. The minimum atomic E-state index is 0.0229. The highest BCUT2D eigenvalue weighted by Crippen LogP contribution is 2.25. The van der Waals surface area contributed by atoms with Crippen LogP contribution in [0.5, 0.6) is 5.75 Å². The first-order valence-corrected chi connectivity index (χ1v) is 9.60. The van der Waals surface area contributed by atoms with Crippen LogP contribution in [0, 0.1) is 0 Å². The van der Waals surface area contributed by atoms with Crippen LogP contribution in [-0.4, -0.2) is 80.9 Å². The second kappa shape index (κ2) is 8.06. The van der Waals surface area contributed by atoms with Gasteiger partial charge >= 0.3 is 0 Å². The van der Waals surface area contributed by atoms with Crippen LogP contribution >= 0.6 is 0 Å². The Morgan fingerprint density at radius 3 is 2.36 bits per heavy atom. The highest BCUT2D eigenvalue weighted by atomic mass is 16.3. The highest BCUT2D eigenvalue weighted by Gasteiger charge is 2.34. The fourth-order valence-corrected chi connectivity index (χ4v) is 4.04. The zero-order valence-electron chi connectivity index (χ0n) is 15.5. The van der Waals surface area contributed by atoms with Gasteiger partial charge in [-0.25, -0.2) is 0 Å². The van der Waals surface area contributed by atoms with Gasteiger partial charge in [-0.1, -0.05) is 12.1 Å². The number of carbonyl (C=O) groups is 1. The molecule has 2 fully saturated rings. The molecule has 3 N–H and O–H groups in total. The molecule has 0 spiro atoms.